The van der Waals surface area contributed by atoms with E-state index in [1.807, 2.05) is 60.4 Å². The lowest BCUT2D eigenvalue weighted by Crippen LogP contribution is -2.54. The SMILES string of the molecule is CCN1C(=O)Cc2ccccc2C1C(=O)N1CCN(c2ccccc2Cl)CC1. The van der Waals surface area contributed by atoms with E-state index < -0.39 is 6.04 Å². The molecule has 0 bridgehead atoms. The number of likely N-dealkylation sites (N-methyl/N-ethyl adjacent to an activating group) is 1. The Labute approximate surface area is 170 Å². The summed E-state index contributed by atoms with van der Waals surface area (Å²) in [4.78, 5) is 31.8. The van der Waals surface area contributed by atoms with Gasteiger partial charge in [0.1, 0.15) is 6.04 Å². The maximum Gasteiger partial charge on any atom is 0.250 e. The molecule has 5 nitrogen and oxygen atoms in total. The molecule has 1 unspecified atom stereocenters. The summed E-state index contributed by atoms with van der Waals surface area (Å²) in [7, 11) is 0. The van der Waals surface area contributed by atoms with E-state index >= 15 is 0 Å². The molecule has 0 saturated carbocycles. The monoisotopic (exact) mass is 397 g/mol. The number of rotatable bonds is 3. The van der Waals surface area contributed by atoms with Crippen molar-refractivity contribution in [3.8, 4) is 0 Å². The van der Waals surface area contributed by atoms with Gasteiger partial charge in [0.25, 0.3) is 0 Å². The van der Waals surface area contributed by atoms with Crippen LogP contribution < -0.4 is 4.90 Å². The van der Waals surface area contributed by atoms with E-state index in [0.29, 0.717) is 26.1 Å². The van der Waals surface area contributed by atoms with Crippen LogP contribution in [0.3, 0.4) is 0 Å². The second kappa shape index (κ2) is 7.84. The summed E-state index contributed by atoms with van der Waals surface area (Å²) in [5.74, 6) is 0.0374. The van der Waals surface area contributed by atoms with Gasteiger partial charge in [0.05, 0.1) is 17.1 Å². The lowest BCUT2D eigenvalue weighted by Gasteiger charge is -2.41. The molecule has 2 heterocycles. The zero-order chi connectivity index (χ0) is 19.7. The van der Waals surface area contributed by atoms with Gasteiger partial charge in [0, 0.05) is 32.7 Å². The molecule has 1 atom stereocenters. The third kappa shape index (κ3) is 3.35. The number of fused-ring (bicyclic) bond motifs is 1. The lowest BCUT2D eigenvalue weighted by molar-refractivity contribution is -0.147. The Morgan fingerprint density at radius 3 is 2.43 bits per heavy atom. The van der Waals surface area contributed by atoms with E-state index in [1.165, 1.54) is 0 Å². The van der Waals surface area contributed by atoms with E-state index in [2.05, 4.69) is 4.90 Å². The second-order valence-electron chi connectivity index (χ2n) is 7.22. The third-order valence-electron chi connectivity index (χ3n) is 5.68. The van der Waals surface area contributed by atoms with Crippen molar-refractivity contribution >= 4 is 29.1 Å². The van der Waals surface area contributed by atoms with Gasteiger partial charge in [0.15, 0.2) is 0 Å². The highest BCUT2D eigenvalue weighted by molar-refractivity contribution is 6.33. The third-order valence-corrected chi connectivity index (χ3v) is 6.00. The second-order valence-corrected chi connectivity index (χ2v) is 7.63. The average Bonchev–Trinajstić information content (AvgIpc) is 2.73. The number of para-hydroxylation sites is 1. The molecule has 2 aliphatic rings. The van der Waals surface area contributed by atoms with Crippen LogP contribution in [0.2, 0.25) is 5.02 Å². The molecule has 0 spiro atoms. The molecule has 6 heteroatoms. The molecule has 2 aliphatic heterocycles. The molecule has 2 amide bonds. The molecule has 2 aromatic carbocycles. The Kier molecular flexibility index (Phi) is 5.27. The van der Waals surface area contributed by atoms with Crippen molar-refractivity contribution in [3.05, 3.63) is 64.7 Å². The maximum atomic E-state index is 13.4. The van der Waals surface area contributed by atoms with Crippen LogP contribution >= 0.6 is 11.6 Å². The minimum Gasteiger partial charge on any atom is -0.367 e. The zero-order valence-corrected chi connectivity index (χ0v) is 16.7. The van der Waals surface area contributed by atoms with E-state index in [-0.39, 0.29) is 11.8 Å². The van der Waals surface area contributed by atoms with Crippen molar-refractivity contribution in [2.24, 2.45) is 0 Å². The fourth-order valence-corrected chi connectivity index (χ4v) is 4.47. The predicted molar refractivity (Wildman–Crippen MR) is 111 cm³/mol. The first-order valence-corrected chi connectivity index (χ1v) is 10.1. The number of carbonyl (C=O) groups excluding carboxylic acids is 2. The molecule has 0 aromatic heterocycles. The summed E-state index contributed by atoms with van der Waals surface area (Å²) in [5, 5.41) is 0.728. The molecular formula is C22H24ClN3O2. The van der Waals surface area contributed by atoms with Gasteiger partial charge in [-0.05, 0) is 30.2 Å². The Balaban J connectivity index is 1.53. The maximum absolute atomic E-state index is 13.4. The number of halogens is 1. The van der Waals surface area contributed by atoms with E-state index in [9.17, 15) is 9.59 Å². The van der Waals surface area contributed by atoms with Gasteiger partial charge in [0.2, 0.25) is 11.8 Å². The molecule has 146 valence electrons. The van der Waals surface area contributed by atoms with Crippen LogP contribution in [0, 0.1) is 0 Å². The standard InChI is InChI=1S/C22H24ClN3O2/c1-2-26-20(27)15-16-7-3-4-8-17(16)21(26)22(28)25-13-11-24(12-14-25)19-10-6-5-9-18(19)23/h3-10,21H,2,11-15H2,1H3. The summed E-state index contributed by atoms with van der Waals surface area (Å²) < 4.78 is 0. The molecule has 1 saturated heterocycles. The normalized spacial score (nSPS) is 19.6. The van der Waals surface area contributed by atoms with Crippen LogP contribution in [0.1, 0.15) is 24.1 Å². The first-order valence-electron chi connectivity index (χ1n) is 9.75. The van der Waals surface area contributed by atoms with Crippen molar-refractivity contribution in [2.75, 3.05) is 37.6 Å². The molecular weight excluding hydrogens is 374 g/mol. The highest BCUT2D eigenvalue weighted by Crippen LogP contribution is 2.33. The summed E-state index contributed by atoms with van der Waals surface area (Å²) in [6, 6.07) is 15.1. The van der Waals surface area contributed by atoms with Gasteiger partial charge in [-0.25, -0.2) is 0 Å². The summed E-state index contributed by atoms with van der Waals surface area (Å²) in [6.07, 6.45) is 0.369. The van der Waals surface area contributed by atoms with Gasteiger partial charge in [-0.2, -0.15) is 0 Å². The number of nitrogens with zero attached hydrogens (tertiary/aromatic N) is 3. The number of hydrogen-bond acceptors (Lipinski definition) is 3. The quantitative estimate of drug-likeness (QED) is 0.799. The highest BCUT2D eigenvalue weighted by atomic mass is 35.5. The van der Waals surface area contributed by atoms with Crippen molar-refractivity contribution < 1.29 is 9.59 Å². The summed E-state index contributed by atoms with van der Waals surface area (Å²) in [6.45, 7) is 5.15. The Bertz CT molecular complexity index is 893. The lowest BCUT2D eigenvalue weighted by atomic mass is 9.91. The van der Waals surface area contributed by atoms with E-state index in [1.54, 1.807) is 4.90 Å². The molecule has 0 N–H and O–H groups in total. The van der Waals surface area contributed by atoms with Gasteiger partial charge in [-0.1, -0.05) is 48.0 Å². The van der Waals surface area contributed by atoms with Crippen molar-refractivity contribution in [1.29, 1.82) is 0 Å². The number of amides is 2. The number of hydrogen-bond donors (Lipinski definition) is 0. The molecule has 2 aromatic rings. The molecule has 0 aliphatic carbocycles. The van der Waals surface area contributed by atoms with Gasteiger partial charge in [-0.15, -0.1) is 0 Å². The summed E-state index contributed by atoms with van der Waals surface area (Å²) >= 11 is 6.32. The molecule has 0 radical (unpaired) electrons. The van der Waals surface area contributed by atoms with E-state index in [0.717, 1.165) is 34.9 Å². The summed E-state index contributed by atoms with van der Waals surface area (Å²) in [5.41, 5.74) is 2.93. The Morgan fingerprint density at radius 1 is 1.04 bits per heavy atom. The number of piperazine rings is 1. The highest BCUT2D eigenvalue weighted by Gasteiger charge is 2.39. The van der Waals surface area contributed by atoms with E-state index in [4.69, 9.17) is 11.6 Å². The molecule has 1 fully saturated rings. The van der Waals surface area contributed by atoms with Gasteiger partial charge < -0.3 is 14.7 Å². The van der Waals surface area contributed by atoms with Crippen molar-refractivity contribution in [3.63, 3.8) is 0 Å². The van der Waals surface area contributed by atoms with Crippen LogP contribution in [0.25, 0.3) is 0 Å². The van der Waals surface area contributed by atoms with Gasteiger partial charge in [-0.3, -0.25) is 9.59 Å². The number of carbonyl (C=O) groups is 2. The molecule has 4 rings (SSSR count). The first kappa shape index (κ1) is 18.8. The number of anilines is 1. The smallest absolute Gasteiger partial charge is 0.250 e. The zero-order valence-electron chi connectivity index (χ0n) is 16.0. The fraction of sp³-hybridized carbons (Fsp3) is 0.364. The Morgan fingerprint density at radius 2 is 1.71 bits per heavy atom. The largest absolute Gasteiger partial charge is 0.367 e. The predicted octanol–water partition coefficient (Wildman–Crippen LogP) is 3.13. The van der Waals surface area contributed by atoms with Crippen LogP contribution in [-0.4, -0.2) is 54.3 Å². The van der Waals surface area contributed by atoms with Crippen LogP contribution in [0.4, 0.5) is 5.69 Å². The Hall–Kier alpha value is -2.53. The molecule has 28 heavy (non-hydrogen) atoms. The van der Waals surface area contributed by atoms with Crippen LogP contribution in [0.15, 0.2) is 48.5 Å². The minimum atomic E-state index is -0.519. The minimum absolute atomic E-state index is 0.0150. The first-order chi connectivity index (χ1) is 13.6. The topological polar surface area (TPSA) is 43.9 Å². The number of benzene rings is 2. The fourth-order valence-electron chi connectivity index (χ4n) is 4.21. The van der Waals surface area contributed by atoms with Crippen LogP contribution in [0.5, 0.6) is 0 Å². The average molecular weight is 398 g/mol. The van der Waals surface area contributed by atoms with Gasteiger partial charge >= 0.3 is 0 Å². The van der Waals surface area contributed by atoms with Crippen molar-refractivity contribution in [1.82, 2.24) is 9.80 Å². The van der Waals surface area contributed by atoms with Crippen molar-refractivity contribution in [2.45, 2.75) is 19.4 Å². The van der Waals surface area contributed by atoms with Crippen LogP contribution in [-0.2, 0) is 16.0 Å².